The van der Waals surface area contributed by atoms with Crippen molar-refractivity contribution in [1.82, 2.24) is 10.0 Å². The third-order valence-corrected chi connectivity index (χ3v) is 4.86. The molecule has 0 aliphatic carbocycles. The van der Waals surface area contributed by atoms with Gasteiger partial charge in [-0.05, 0) is 45.4 Å². The van der Waals surface area contributed by atoms with E-state index in [9.17, 15) is 8.42 Å². The Kier molecular flexibility index (Phi) is 5.08. The molecule has 0 aromatic carbocycles. The SMILES string of the molecule is CCNCc1ccc(S(=O)(=O)NC2CCOC(C)(C)C2)o1. The molecule has 1 aliphatic rings. The summed E-state index contributed by atoms with van der Waals surface area (Å²) in [6.07, 6.45) is 1.32. The Morgan fingerprint density at radius 1 is 1.38 bits per heavy atom. The Morgan fingerprint density at radius 3 is 2.81 bits per heavy atom. The molecule has 6 nitrogen and oxygen atoms in total. The molecule has 2 heterocycles. The van der Waals surface area contributed by atoms with Crippen LogP contribution in [-0.2, 0) is 21.3 Å². The minimum absolute atomic E-state index is 0.0281. The summed E-state index contributed by atoms with van der Waals surface area (Å²) in [5, 5.41) is 3.07. The second-order valence-electron chi connectivity index (χ2n) is 5.92. The van der Waals surface area contributed by atoms with E-state index in [1.807, 2.05) is 20.8 Å². The minimum Gasteiger partial charge on any atom is -0.447 e. The van der Waals surface area contributed by atoms with Gasteiger partial charge in [0.1, 0.15) is 5.76 Å². The lowest BCUT2D eigenvalue weighted by Crippen LogP contribution is -2.45. The summed E-state index contributed by atoms with van der Waals surface area (Å²) in [6, 6.07) is 3.06. The maximum Gasteiger partial charge on any atom is 0.274 e. The van der Waals surface area contributed by atoms with Gasteiger partial charge in [-0.25, -0.2) is 13.1 Å². The Labute approximate surface area is 126 Å². The first kappa shape index (κ1) is 16.5. The molecule has 1 saturated heterocycles. The van der Waals surface area contributed by atoms with Crippen LogP contribution in [0.3, 0.4) is 0 Å². The summed E-state index contributed by atoms with van der Waals surface area (Å²) >= 11 is 0. The molecular formula is C14H24N2O4S. The van der Waals surface area contributed by atoms with Gasteiger partial charge >= 0.3 is 0 Å². The highest BCUT2D eigenvalue weighted by molar-refractivity contribution is 7.89. The van der Waals surface area contributed by atoms with Crippen LogP contribution >= 0.6 is 0 Å². The van der Waals surface area contributed by atoms with E-state index in [1.165, 1.54) is 6.07 Å². The summed E-state index contributed by atoms with van der Waals surface area (Å²) in [6.45, 7) is 7.80. The standard InChI is InChI=1S/C14H24N2O4S/c1-4-15-10-12-5-6-13(20-12)21(17,18)16-11-7-8-19-14(2,3)9-11/h5-6,11,15-16H,4,7-10H2,1-3H3. The van der Waals surface area contributed by atoms with Crippen molar-refractivity contribution in [1.29, 1.82) is 0 Å². The molecule has 1 aromatic heterocycles. The third-order valence-electron chi connectivity index (χ3n) is 3.47. The average Bonchev–Trinajstić information content (AvgIpc) is 2.84. The van der Waals surface area contributed by atoms with E-state index in [0.717, 1.165) is 6.54 Å². The van der Waals surface area contributed by atoms with E-state index < -0.39 is 10.0 Å². The van der Waals surface area contributed by atoms with Crippen LogP contribution in [0.15, 0.2) is 21.6 Å². The van der Waals surface area contributed by atoms with E-state index in [0.29, 0.717) is 31.8 Å². The number of nitrogens with one attached hydrogen (secondary N) is 2. The van der Waals surface area contributed by atoms with Crippen molar-refractivity contribution >= 4 is 10.0 Å². The first-order chi connectivity index (χ1) is 9.82. The van der Waals surface area contributed by atoms with Crippen LogP contribution in [0.1, 0.15) is 39.4 Å². The fourth-order valence-electron chi connectivity index (χ4n) is 2.46. The normalized spacial score (nSPS) is 22.3. The first-order valence-corrected chi connectivity index (χ1v) is 8.76. The maximum absolute atomic E-state index is 12.3. The quantitative estimate of drug-likeness (QED) is 0.833. The van der Waals surface area contributed by atoms with Crippen molar-refractivity contribution in [3.05, 3.63) is 17.9 Å². The summed E-state index contributed by atoms with van der Waals surface area (Å²) in [7, 11) is -3.61. The summed E-state index contributed by atoms with van der Waals surface area (Å²) < 4.78 is 38.4. The molecule has 0 saturated carbocycles. The summed E-state index contributed by atoms with van der Waals surface area (Å²) in [5.41, 5.74) is -0.301. The first-order valence-electron chi connectivity index (χ1n) is 7.28. The molecular weight excluding hydrogens is 292 g/mol. The van der Waals surface area contributed by atoms with Crippen molar-refractivity contribution in [3.63, 3.8) is 0 Å². The Hall–Kier alpha value is -0.890. The van der Waals surface area contributed by atoms with Gasteiger partial charge < -0.3 is 14.5 Å². The lowest BCUT2D eigenvalue weighted by Gasteiger charge is -2.35. The van der Waals surface area contributed by atoms with Gasteiger partial charge in [0.2, 0.25) is 5.09 Å². The van der Waals surface area contributed by atoms with Gasteiger partial charge in [0.15, 0.2) is 0 Å². The van der Waals surface area contributed by atoms with Crippen molar-refractivity contribution in [2.24, 2.45) is 0 Å². The number of hydrogen-bond donors (Lipinski definition) is 2. The highest BCUT2D eigenvalue weighted by Gasteiger charge is 2.32. The lowest BCUT2D eigenvalue weighted by atomic mass is 9.95. The molecule has 0 bridgehead atoms. The molecule has 1 aromatic rings. The van der Waals surface area contributed by atoms with Gasteiger partial charge in [-0.2, -0.15) is 0 Å². The molecule has 21 heavy (non-hydrogen) atoms. The molecule has 1 unspecified atom stereocenters. The van der Waals surface area contributed by atoms with Gasteiger partial charge in [0.05, 0.1) is 12.1 Å². The van der Waals surface area contributed by atoms with Crippen molar-refractivity contribution < 1.29 is 17.6 Å². The fraction of sp³-hybridized carbons (Fsp3) is 0.714. The smallest absolute Gasteiger partial charge is 0.274 e. The zero-order chi connectivity index (χ0) is 15.5. The number of hydrogen-bond acceptors (Lipinski definition) is 5. The molecule has 0 radical (unpaired) electrons. The molecule has 1 aliphatic heterocycles. The molecule has 2 rings (SSSR count). The van der Waals surface area contributed by atoms with E-state index in [4.69, 9.17) is 9.15 Å². The van der Waals surface area contributed by atoms with Crippen LogP contribution in [0, 0.1) is 0 Å². The van der Waals surface area contributed by atoms with Crippen LogP contribution in [0.25, 0.3) is 0 Å². The minimum atomic E-state index is -3.61. The molecule has 1 atom stereocenters. The Bertz CT molecular complexity index is 565. The number of furan rings is 1. The predicted octanol–water partition coefficient (Wildman–Crippen LogP) is 1.62. The van der Waals surface area contributed by atoms with Crippen LogP contribution in [0.4, 0.5) is 0 Å². The van der Waals surface area contributed by atoms with Gasteiger partial charge in [-0.3, -0.25) is 0 Å². The van der Waals surface area contributed by atoms with E-state index in [1.54, 1.807) is 6.07 Å². The van der Waals surface area contributed by atoms with Crippen LogP contribution in [0.5, 0.6) is 0 Å². The number of sulfonamides is 1. The lowest BCUT2D eigenvalue weighted by molar-refractivity contribution is -0.0599. The van der Waals surface area contributed by atoms with Gasteiger partial charge in [0.25, 0.3) is 10.0 Å². The summed E-state index contributed by atoms with van der Waals surface area (Å²) in [4.78, 5) is 0. The van der Waals surface area contributed by atoms with Crippen molar-refractivity contribution in [3.8, 4) is 0 Å². The number of rotatable bonds is 6. The molecule has 2 N–H and O–H groups in total. The molecule has 7 heteroatoms. The van der Waals surface area contributed by atoms with Gasteiger partial charge in [-0.15, -0.1) is 0 Å². The van der Waals surface area contributed by atoms with E-state index >= 15 is 0 Å². The van der Waals surface area contributed by atoms with Gasteiger partial charge in [-0.1, -0.05) is 6.92 Å². The van der Waals surface area contributed by atoms with Crippen LogP contribution < -0.4 is 10.0 Å². The zero-order valence-electron chi connectivity index (χ0n) is 12.8. The van der Waals surface area contributed by atoms with E-state index in [-0.39, 0.29) is 16.7 Å². The molecule has 1 fully saturated rings. The van der Waals surface area contributed by atoms with Crippen molar-refractivity contribution in [2.75, 3.05) is 13.2 Å². The highest BCUT2D eigenvalue weighted by atomic mass is 32.2. The van der Waals surface area contributed by atoms with Crippen molar-refractivity contribution in [2.45, 2.75) is 56.9 Å². The zero-order valence-corrected chi connectivity index (χ0v) is 13.6. The number of ether oxygens (including phenoxy) is 1. The molecule has 0 amide bonds. The van der Waals surface area contributed by atoms with Gasteiger partial charge in [0, 0.05) is 12.6 Å². The topological polar surface area (TPSA) is 80.6 Å². The summed E-state index contributed by atoms with van der Waals surface area (Å²) in [5.74, 6) is 0.615. The molecule has 0 spiro atoms. The maximum atomic E-state index is 12.3. The third kappa shape index (κ3) is 4.54. The Balaban J connectivity index is 2.02. The van der Waals surface area contributed by atoms with Crippen LogP contribution in [-0.4, -0.2) is 33.2 Å². The fourth-order valence-corrected chi connectivity index (χ4v) is 3.68. The Morgan fingerprint density at radius 2 is 2.14 bits per heavy atom. The molecule has 120 valence electrons. The largest absolute Gasteiger partial charge is 0.447 e. The predicted molar refractivity (Wildman–Crippen MR) is 79.5 cm³/mol. The monoisotopic (exact) mass is 316 g/mol. The van der Waals surface area contributed by atoms with E-state index in [2.05, 4.69) is 10.0 Å². The van der Waals surface area contributed by atoms with Crippen LogP contribution in [0.2, 0.25) is 0 Å². The highest BCUT2D eigenvalue weighted by Crippen LogP contribution is 2.25. The average molecular weight is 316 g/mol. The second-order valence-corrected chi connectivity index (χ2v) is 7.57. The second kappa shape index (κ2) is 6.48.